The first kappa shape index (κ1) is 14.1. The van der Waals surface area contributed by atoms with Gasteiger partial charge in [-0.1, -0.05) is 44.0 Å². The Bertz CT molecular complexity index is 431. The number of carbonyl (C=O) groups is 1. The molecule has 1 unspecified atom stereocenters. The van der Waals surface area contributed by atoms with Gasteiger partial charge >= 0.3 is 0 Å². The topological polar surface area (TPSA) is 41.1 Å². The Labute approximate surface area is 115 Å². The molecular weight excluding hydrogens is 236 g/mol. The van der Waals surface area contributed by atoms with E-state index < -0.39 is 0 Å². The van der Waals surface area contributed by atoms with Crippen LogP contribution in [0.4, 0.5) is 0 Å². The number of unbranched alkanes of at least 4 members (excludes halogenated alkanes) is 1. The third kappa shape index (κ3) is 3.80. The molecule has 1 heterocycles. The normalized spacial score (nSPS) is 19.6. The van der Waals surface area contributed by atoms with Crippen molar-refractivity contribution in [1.29, 1.82) is 0 Å². The molecule has 104 valence electrons. The lowest BCUT2D eigenvalue weighted by molar-refractivity contribution is -0.124. The predicted molar refractivity (Wildman–Crippen MR) is 77.9 cm³/mol. The van der Waals surface area contributed by atoms with Crippen LogP contribution in [0.2, 0.25) is 0 Å². The smallest absolute Gasteiger partial charge is 0.237 e. The number of hydrogen-bond donors (Lipinski definition) is 2. The Morgan fingerprint density at radius 3 is 2.89 bits per heavy atom. The molecule has 3 nitrogen and oxygen atoms in total. The Hall–Kier alpha value is -1.35. The van der Waals surface area contributed by atoms with Crippen LogP contribution in [-0.2, 0) is 17.8 Å². The summed E-state index contributed by atoms with van der Waals surface area (Å²) < 4.78 is 0. The van der Waals surface area contributed by atoms with Crippen molar-refractivity contribution in [3.63, 3.8) is 0 Å². The van der Waals surface area contributed by atoms with Gasteiger partial charge in [0.1, 0.15) is 0 Å². The third-order valence-corrected chi connectivity index (χ3v) is 3.78. The summed E-state index contributed by atoms with van der Waals surface area (Å²) >= 11 is 0. The van der Waals surface area contributed by atoms with Crippen molar-refractivity contribution in [2.24, 2.45) is 0 Å². The van der Waals surface area contributed by atoms with Crippen LogP contribution in [0, 0.1) is 0 Å². The molecule has 0 saturated carbocycles. The van der Waals surface area contributed by atoms with Crippen LogP contribution in [0.3, 0.4) is 0 Å². The lowest BCUT2D eigenvalue weighted by atomic mass is 9.95. The number of fused-ring (bicyclic) bond motifs is 1. The highest BCUT2D eigenvalue weighted by atomic mass is 16.2. The lowest BCUT2D eigenvalue weighted by Crippen LogP contribution is -2.49. The molecule has 0 spiro atoms. The molecule has 2 rings (SSSR count). The molecule has 1 aromatic rings. The van der Waals surface area contributed by atoms with Gasteiger partial charge in [0.15, 0.2) is 0 Å². The Kier molecular flexibility index (Phi) is 4.97. The highest BCUT2D eigenvalue weighted by Crippen LogP contribution is 2.16. The van der Waals surface area contributed by atoms with Crippen molar-refractivity contribution >= 4 is 5.91 Å². The largest absolute Gasteiger partial charge is 0.352 e. The number of nitrogens with one attached hydrogen (secondary N) is 2. The van der Waals surface area contributed by atoms with Gasteiger partial charge in [0.25, 0.3) is 0 Å². The average molecular weight is 260 g/mol. The van der Waals surface area contributed by atoms with E-state index in [1.807, 2.05) is 12.1 Å². The molecule has 1 amide bonds. The summed E-state index contributed by atoms with van der Waals surface area (Å²) in [5, 5.41) is 6.44. The van der Waals surface area contributed by atoms with E-state index in [9.17, 15) is 4.79 Å². The second kappa shape index (κ2) is 6.71. The highest BCUT2D eigenvalue weighted by Gasteiger charge is 2.24. The first-order valence-corrected chi connectivity index (χ1v) is 7.31. The van der Waals surface area contributed by atoms with Gasteiger partial charge in [-0.2, -0.15) is 0 Å². The van der Waals surface area contributed by atoms with Crippen molar-refractivity contribution in [2.45, 2.75) is 58.2 Å². The molecular formula is C16H24N2O. The monoisotopic (exact) mass is 260 g/mol. The molecule has 1 aliphatic heterocycles. The standard InChI is InChI=1S/C16H24N2O/c1-3-4-7-12(2)18-16(19)15-10-13-8-5-6-9-14(13)11-17-15/h5-6,8-9,12,15,17H,3-4,7,10-11H2,1-2H3,(H,18,19)/t12?,15-/m1/s1. The van der Waals surface area contributed by atoms with Gasteiger partial charge in [0, 0.05) is 12.6 Å². The molecule has 0 aliphatic carbocycles. The van der Waals surface area contributed by atoms with Crippen molar-refractivity contribution in [3.8, 4) is 0 Å². The van der Waals surface area contributed by atoms with Crippen LogP contribution in [0.25, 0.3) is 0 Å². The molecule has 0 fully saturated rings. The zero-order chi connectivity index (χ0) is 13.7. The maximum Gasteiger partial charge on any atom is 0.237 e. The van der Waals surface area contributed by atoms with Gasteiger partial charge in [-0.05, 0) is 30.9 Å². The van der Waals surface area contributed by atoms with Crippen LogP contribution in [0.5, 0.6) is 0 Å². The minimum absolute atomic E-state index is 0.0843. The number of hydrogen-bond acceptors (Lipinski definition) is 2. The van der Waals surface area contributed by atoms with E-state index in [1.54, 1.807) is 0 Å². The fourth-order valence-corrected chi connectivity index (χ4v) is 2.57. The van der Waals surface area contributed by atoms with Crippen LogP contribution in [0.1, 0.15) is 44.2 Å². The second-order valence-corrected chi connectivity index (χ2v) is 5.46. The van der Waals surface area contributed by atoms with Crippen molar-refractivity contribution in [2.75, 3.05) is 0 Å². The Balaban J connectivity index is 1.88. The summed E-state index contributed by atoms with van der Waals surface area (Å²) in [6.45, 7) is 5.05. The molecule has 0 aromatic heterocycles. The summed E-state index contributed by atoms with van der Waals surface area (Å²) in [7, 11) is 0. The Morgan fingerprint density at radius 2 is 2.16 bits per heavy atom. The molecule has 1 aliphatic rings. The first-order valence-electron chi connectivity index (χ1n) is 7.31. The van der Waals surface area contributed by atoms with E-state index >= 15 is 0 Å². The first-order chi connectivity index (χ1) is 9.20. The minimum Gasteiger partial charge on any atom is -0.352 e. The quantitative estimate of drug-likeness (QED) is 0.853. The van der Waals surface area contributed by atoms with Crippen molar-refractivity contribution in [1.82, 2.24) is 10.6 Å². The number of benzene rings is 1. The minimum atomic E-state index is -0.0843. The van der Waals surface area contributed by atoms with Crippen LogP contribution >= 0.6 is 0 Å². The summed E-state index contributed by atoms with van der Waals surface area (Å²) in [4.78, 5) is 12.2. The van der Waals surface area contributed by atoms with E-state index in [-0.39, 0.29) is 18.0 Å². The summed E-state index contributed by atoms with van der Waals surface area (Å²) in [6, 6.07) is 8.53. The van der Waals surface area contributed by atoms with E-state index in [0.717, 1.165) is 19.4 Å². The average Bonchev–Trinajstić information content (AvgIpc) is 2.44. The highest BCUT2D eigenvalue weighted by molar-refractivity contribution is 5.82. The zero-order valence-electron chi connectivity index (χ0n) is 11.9. The van der Waals surface area contributed by atoms with E-state index in [1.165, 1.54) is 24.0 Å². The third-order valence-electron chi connectivity index (χ3n) is 3.78. The molecule has 1 aromatic carbocycles. The molecule has 0 bridgehead atoms. The van der Waals surface area contributed by atoms with Crippen LogP contribution in [-0.4, -0.2) is 18.0 Å². The predicted octanol–water partition coefficient (Wildman–Crippen LogP) is 2.40. The lowest BCUT2D eigenvalue weighted by Gasteiger charge is -2.26. The molecule has 2 atom stereocenters. The van der Waals surface area contributed by atoms with Crippen LogP contribution in [0.15, 0.2) is 24.3 Å². The molecule has 2 N–H and O–H groups in total. The fourth-order valence-electron chi connectivity index (χ4n) is 2.57. The van der Waals surface area contributed by atoms with Gasteiger partial charge in [0.05, 0.1) is 6.04 Å². The molecule has 19 heavy (non-hydrogen) atoms. The number of amides is 1. The summed E-state index contributed by atoms with van der Waals surface area (Å²) in [6.07, 6.45) is 4.20. The SMILES string of the molecule is CCCCC(C)NC(=O)[C@H]1Cc2ccccc2CN1. The van der Waals surface area contributed by atoms with Gasteiger partial charge < -0.3 is 10.6 Å². The van der Waals surface area contributed by atoms with Gasteiger partial charge in [-0.25, -0.2) is 0 Å². The molecule has 0 radical (unpaired) electrons. The fraction of sp³-hybridized carbons (Fsp3) is 0.562. The maximum atomic E-state index is 12.2. The van der Waals surface area contributed by atoms with Gasteiger partial charge in [-0.15, -0.1) is 0 Å². The van der Waals surface area contributed by atoms with E-state index in [4.69, 9.17) is 0 Å². The van der Waals surface area contributed by atoms with E-state index in [0.29, 0.717) is 0 Å². The number of carbonyl (C=O) groups excluding carboxylic acids is 1. The van der Waals surface area contributed by atoms with Gasteiger partial charge in [0.2, 0.25) is 5.91 Å². The van der Waals surface area contributed by atoms with Crippen molar-refractivity contribution < 1.29 is 4.79 Å². The van der Waals surface area contributed by atoms with E-state index in [2.05, 4.69) is 36.6 Å². The second-order valence-electron chi connectivity index (χ2n) is 5.46. The van der Waals surface area contributed by atoms with Crippen molar-refractivity contribution in [3.05, 3.63) is 35.4 Å². The molecule has 0 saturated heterocycles. The molecule has 3 heteroatoms. The Morgan fingerprint density at radius 1 is 1.42 bits per heavy atom. The van der Waals surface area contributed by atoms with Crippen LogP contribution < -0.4 is 10.6 Å². The maximum absolute atomic E-state index is 12.2. The number of rotatable bonds is 5. The van der Waals surface area contributed by atoms with Gasteiger partial charge in [-0.3, -0.25) is 4.79 Å². The summed E-state index contributed by atoms with van der Waals surface area (Å²) in [5.74, 6) is 0.137. The zero-order valence-corrected chi connectivity index (χ0v) is 11.9. The summed E-state index contributed by atoms with van der Waals surface area (Å²) in [5.41, 5.74) is 2.60.